The Kier molecular flexibility index (Phi) is 6.55. The molecule has 0 aliphatic carbocycles. The van der Waals surface area contributed by atoms with E-state index >= 15 is 0 Å². The van der Waals surface area contributed by atoms with Gasteiger partial charge in [0.25, 0.3) is 0 Å². The van der Waals surface area contributed by atoms with Gasteiger partial charge in [-0.2, -0.15) is 0 Å². The van der Waals surface area contributed by atoms with Crippen LogP contribution in [0.3, 0.4) is 0 Å². The topological polar surface area (TPSA) is 70.4 Å². The van der Waals surface area contributed by atoms with Gasteiger partial charge in [0.05, 0.1) is 26.9 Å². The van der Waals surface area contributed by atoms with E-state index in [9.17, 15) is 4.79 Å². The van der Waals surface area contributed by atoms with E-state index in [-0.39, 0.29) is 5.63 Å². The first-order chi connectivity index (χ1) is 15.6. The summed E-state index contributed by atoms with van der Waals surface area (Å²) < 4.78 is 28.0. The third kappa shape index (κ3) is 4.25. The molecule has 0 saturated carbocycles. The van der Waals surface area contributed by atoms with Gasteiger partial charge in [-0.3, -0.25) is 4.90 Å². The third-order valence-corrected chi connectivity index (χ3v) is 5.77. The molecule has 2 aromatic carbocycles. The molecule has 0 fully saturated rings. The Morgan fingerprint density at radius 2 is 1.78 bits per heavy atom. The molecule has 1 aliphatic heterocycles. The summed E-state index contributed by atoms with van der Waals surface area (Å²) in [6, 6.07) is 9.45. The molecule has 1 aromatic heterocycles. The van der Waals surface area contributed by atoms with E-state index in [1.165, 1.54) is 0 Å². The van der Waals surface area contributed by atoms with Crippen LogP contribution < -0.4 is 24.6 Å². The minimum atomic E-state index is -0.321. The van der Waals surface area contributed by atoms with Crippen molar-refractivity contribution in [1.29, 1.82) is 0 Å². The van der Waals surface area contributed by atoms with Crippen molar-refractivity contribution >= 4 is 11.0 Å². The summed E-state index contributed by atoms with van der Waals surface area (Å²) in [5, 5.41) is 0.982. The third-order valence-electron chi connectivity index (χ3n) is 5.77. The predicted molar refractivity (Wildman–Crippen MR) is 122 cm³/mol. The normalized spacial score (nSPS) is 13.5. The molecule has 2 heterocycles. The minimum Gasteiger partial charge on any atom is -0.493 e. The van der Waals surface area contributed by atoms with E-state index in [1.807, 2.05) is 24.3 Å². The molecule has 32 heavy (non-hydrogen) atoms. The van der Waals surface area contributed by atoms with E-state index in [2.05, 4.69) is 11.8 Å². The Morgan fingerprint density at radius 3 is 2.44 bits per heavy atom. The van der Waals surface area contributed by atoms with E-state index in [1.54, 1.807) is 27.4 Å². The molecule has 7 heteroatoms. The second kappa shape index (κ2) is 9.53. The maximum absolute atomic E-state index is 12.3. The van der Waals surface area contributed by atoms with Crippen LogP contribution in [0.4, 0.5) is 0 Å². The summed E-state index contributed by atoms with van der Waals surface area (Å²) in [4.78, 5) is 14.4. The number of hydrogen-bond acceptors (Lipinski definition) is 7. The molecule has 7 nitrogen and oxygen atoms in total. The molecule has 0 spiro atoms. The zero-order chi connectivity index (χ0) is 22.7. The molecule has 0 bridgehead atoms. The van der Waals surface area contributed by atoms with Crippen molar-refractivity contribution in [2.45, 2.75) is 39.3 Å². The largest absolute Gasteiger partial charge is 0.493 e. The Labute approximate surface area is 187 Å². The van der Waals surface area contributed by atoms with Crippen LogP contribution in [0.25, 0.3) is 11.0 Å². The van der Waals surface area contributed by atoms with Crippen molar-refractivity contribution in [2.75, 3.05) is 28.1 Å². The van der Waals surface area contributed by atoms with Crippen LogP contribution in [-0.4, -0.2) is 33.0 Å². The highest BCUT2D eigenvalue weighted by molar-refractivity contribution is 5.85. The molecule has 0 unspecified atom stereocenters. The number of unbranched alkanes of at least 4 members (excludes halogenated alkanes) is 1. The highest BCUT2D eigenvalue weighted by Crippen LogP contribution is 2.39. The van der Waals surface area contributed by atoms with Crippen LogP contribution in [0.2, 0.25) is 0 Å². The number of nitrogens with zero attached hydrogens (tertiary/aromatic N) is 1. The monoisotopic (exact) mass is 439 g/mol. The maximum atomic E-state index is 12.3. The second-order valence-corrected chi connectivity index (χ2v) is 7.91. The van der Waals surface area contributed by atoms with Gasteiger partial charge >= 0.3 is 5.63 Å². The maximum Gasteiger partial charge on any atom is 0.336 e. The first-order valence-electron chi connectivity index (χ1n) is 10.8. The minimum absolute atomic E-state index is 0.321. The Hall–Kier alpha value is -3.19. The van der Waals surface area contributed by atoms with Crippen LogP contribution in [0.1, 0.15) is 36.5 Å². The van der Waals surface area contributed by atoms with Gasteiger partial charge in [-0.15, -0.1) is 0 Å². The molecule has 0 atom stereocenters. The smallest absolute Gasteiger partial charge is 0.336 e. The van der Waals surface area contributed by atoms with Gasteiger partial charge in [0, 0.05) is 24.5 Å². The number of rotatable bonds is 8. The van der Waals surface area contributed by atoms with Crippen molar-refractivity contribution in [2.24, 2.45) is 0 Å². The lowest BCUT2D eigenvalue weighted by Crippen LogP contribution is -2.31. The van der Waals surface area contributed by atoms with Gasteiger partial charge in [0.1, 0.15) is 18.1 Å². The highest BCUT2D eigenvalue weighted by atomic mass is 16.5. The summed E-state index contributed by atoms with van der Waals surface area (Å²) in [7, 11) is 4.79. The average molecular weight is 440 g/mol. The van der Waals surface area contributed by atoms with Gasteiger partial charge in [0.2, 0.25) is 5.75 Å². The number of ether oxygens (including phenoxy) is 4. The summed E-state index contributed by atoms with van der Waals surface area (Å²) in [5.41, 5.74) is 3.23. The summed E-state index contributed by atoms with van der Waals surface area (Å²) in [6.07, 6.45) is 2.95. The van der Waals surface area contributed by atoms with Crippen molar-refractivity contribution in [3.05, 3.63) is 57.4 Å². The van der Waals surface area contributed by atoms with Crippen molar-refractivity contribution in [1.82, 2.24) is 4.90 Å². The number of hydrogen-bond donors (Lipinski definition) is 0. The molecule has 0 radical (unpaired) electrons. The number of fused-ring (bicyclic) bond motifs is 3. The molecular weight excluding hydrogens is 410 g/mol. The molecule has 1 aliphatic rings. The molecular formula is C25H29NO6. The van der Waals surface area contributed by atoms with Crippen LogP contribution in [0, 0.1) is 0 Å². The average Bonchev–Trinajstić information content (AvgIpc) is 2.81. The van der Waals surface area contributed by atoms with Gasteiger partial charge in [0.15, 0.2) is 11.5 Å². The Morgan fingerprint density at radius 1 is 1.03 bits per heavy atom. The Balaban J connectivity index is 1.66. The van der Waals surface area contributed by atoms with Crippen LogP contribution in [0.5, 0.6) is 23.0 Å². The zero-order valence-electron chi connectivity index (χ0n) is 19.0. The molecule has 3 aromatic rings. The summed E-state index contributed by atoms with van der Waals surface area (Å²) in [5.74, 6) is 2.54. The van der Waals surface area contributed by atoms with E-state index in [4.69, 9.17) is 23.4 Å². The number of methoxy groups -OCH3 is 3. The quantitative estimate of drug-likeness (QED) is 0.478. The molecule has 4 rings (SSSR count). The van der Waals surface area contributed by atoms with E-state index < -0.39 is 0 Å². The number of benzene rings is 2. The van der Waals surface area contributed by atoms with Crippen molar-refractivity contribution < 1.29 is 23.4 Å². The van der Waals surface area contributed by atoms with E-state index in [0.29, 0.717) is 42.7 Å². The van der Waals surface area contributed by atoms with E-state index in [0.717, 1.165) is 47.1 Å². The summed E-state index contributed by atoms with van der Waals surface area (Å²) in [6.45, 7) is 3.77. The van der Waals surface area contributed by atoms with Gasteiger partial charge in [-0.1, -0.05) is 13.3 Å². The fourth-order valence-electron chi connectivity index (χ4n) is 4.20. The Bertz CT molecular complexity index is 1140. The lowest BCUT2D eigenvalue weighted by atomic mass is 10.0. The molecule has 0 N–H and O–H groups in total. The van der Waals surface area contributed by atoms with Gasteiger partial charge < -0.3 is 23.4 Å². The number of aryl methyl sites for hydroxylation is 1. The lowest BCUT2D eigenvalue weighted by Gasteiger charge is -2.29. The molecule has 0 amide bonds. The fourth-order valence-corrected chi connectivity index (χ4v) is 4.20. The van der Waals surface area contributed by atoms with Crippen molar-refractivity contribution in [3.63, 3.8) is 0 Å². The first-order valence-corrected chi connectivity index (χ1v) is 10.8. The van der Waals surface area contributed by atoms with Gasteiger partial charge in [-0.05, 0) is 48.2 Å². The molecule has 0 saturated heterocycles. The fraction of sp³-hybridized carbons (Fsp3) is 0.400. The predicted octanol–water partition coefficient (Wildman–Crippen LogP) is 4.51. The van der Waals surface area contributed by atoms with Gasteiger partial charge in [-0.25, -0.2) is 4.79 Å². The highest BCUT2D eigenvalue weighted by Gasteiger charge is 2.23. The second-order valence-electron chi connectivity index (χ2n) is 7.91. The zero-order valence-corrected chi connectivity index (χ0v) is 19.0. The SMILES string of the molecule is CCCCc1cc(=O)oc2c3c(ccc12)OCN(Cc1cc(OC)c(OC)c(OC)c1)C3. The standard InChI is InChI=1S/C25H29NO6/c1-5-6-7-17-12-23(27)32-24-18(17)8-9-20-19(24)14-26(15-31-20)13-16-10-21(28-2)25(30-4)22(11-16)29-3/h8-12H,5-7,13-15H2,1-4H3. The molecule has 170 valence electrons. The van der Waals surface area contributed by atoms with Crippen LogP contribution in [0.15, 0.2) is 39.5 Å². The van der Waals surface area contributed by atoms with Crippen LogP contribution >= 0.6 is 0 Å². The van der Waals surface area contributed by atoms with Crippen LogP contribution in [-0.2, 0) is 19.5 Å². The summed E-state index contributed by atoms with van der Waals surface area (Å²) >= 11 is 0. The van der Waals surface area contributed by atoms with Crippen molar-refractivity contribution in [3.8, 4) is 23.0 Å². The first kappa shape index (κ1) is 22.0. The lowest BCUT2D eigenvalue weighted by molar-refractivity contribution is 0.0888.